The first-order chi connectivity index (χ1) is 9.56. The third-order valence-electron chi connectivity index (χ3n) is 3.33. The summed E-state index contributed by atoms with van der Waals surface area (Å²) in [5.74, 6) is 0.376. The normalized spacial score (nSPS) is 18.9. The van der Waals surface area contributed by atoms with Crippen molar-refractivity contribution in [1.82, 2.24) is 10.2 Å². The van der Waals surface area contributed by atoms with Gasteiger partial charge in [-0.3, -0.25) is 9.59 Å². The molecule has 0 radical (unpaired) electrons. The lowest BCUT2D eigenvalue weighted by Gasteiger charge is -2.32. The third kappa shape index (κ3) is 2.88. The number of amides is 2. The van der Waals surface area contributed by atoms with E-state index in [4.69, 9.17) is 16.3 Å². The summed E-state index contributed by atoms with van der Waals surface area (Å²) < 4.78 is 5.26. The van der Waals surface area contributed by atoms with Crippen molar-refractivity contribution in [2.24, 2.45) is 0 Å². The summed E-state index contributed by atoms with van der Waals surface area (Å²) in [7, 11) is 1.55. The highest BCUT2D eigenvalue weighted by Gasteiger charge is 2.32. The lowest BCUT2D eigenvalue weighted by atomic mass is 10.1. The summed E-state index contributed by atoms with van der Waals surface area (Å²) in [4.78, 5) is 25.4. The summed E-state index contributed by atoms with van der Waals surface area (Å²) in [6.45, 7) is 2.18. The molecule has 5 nitrogen and oxygen atoms in total. The van der Waals surface area contributed by atoms with Gasteiger partial charge in [-0.05, 0) is 18.6 Å². The Bertz CT molecular complexity index is 533. The van der Waals surface area contributed by atoms with Crippen LogP contribution in [0.15, 0.2) is 18.2 Å². The first-order valence-corrected chi connectivity index (χ1v) is 6.84. The predicted molar refractivity (Wildman–Crippen MR) is 75.6 cm³/mol. The van der Waals surface area contributed by atoms with E-state index in [1.54, 1.807) is 25.3 Å². The van der Waals surface area contributed by atoms with Gasteiger partial charge in [0.2, 0.25) is 11.8 Å². The fraction of sp³-hybridized carbons (Fsp3) is 0.429. The lowest BCUT2D eigenvalue weighted by Crippen LogP contribution is -2.57. The quantitative estimate of drug-likeness (QED) is 0.918. The van der Waals surface area contributed by atoms with Crippen molar-refractivity contribution in [3.05, 3.63) is 28.8 Å². The second-order valence-corrected chi connectivity index (χ2v) is 5.05. The molecule has 0 bridgehead atoms. The molecule has 1 aliphatic heterocycles. The number of rotatable bonds is 4. The van der Waals surface area contributed by atoms with Crippen molar-refractivity contribution in [3.63, 3.8) is 0 Å². The minimum atomic E-state index is -0.454. The molecule has 1 aromatic carbocycles. The van der Waals surface area contributed by atoms with Crippen LogP contribution in [0.3, 0.4) is 0 Å². The number of halogens is 1. The van der Waals surface area contributed by atoms with E-state index in [1.807, 2.05) is 6.92 Å². The van der Waals surface area contributed by atoms with Gasteiger partial charge in [-0.15, -0.1) is 0 Å². The van der Waals surface area contributed by atoms with Gasteiger partial charge >= 0.3 is 0 Å². The molecular formula is C14H17ClN2O3. The second kappa shape index (κ2) is 6.13. The van der Waals surface area contributed by atoms with Crippen LogP contribution in [0.25, 0.3) is 0 Å². The van der Waals surface area contributed by atoms with Crippen LogP contribution < -0.4 is 10.1 Å². The minimum Gasteiger partial charge on any atom is -0.496 e. The second-order valence-electron chi connectivity index (χ2n) is 4.64. The molecule has 0 aliphatic carbocycles. The standard InChI is InChI=1S/C14H17ClN2O3/c1-3-11-14(19)17(8-13(18)16-11)7-9-10(15)5-4-6-12(9)20-2/h4-6,11H,3,7-8H2,1-2H3,(H,16,18). The van der Waals surface area contributed by atoms with Crippen LogP contribution >= 0.6 is 11.6 Å². The monoisotopic (exact) mass is 296 g/mol. The maximum atomic E-state index is 12.2. The highest BCUT2D eigenvalue weighted by molar-refractivity contribution is 6.31. The number of benzene rings is 1. The van der Waals surface area contributed by atoms with Gasteiger partial charge in [0.25, 0.3) is 0 Å². The Kier molecular flexibility index (Phi) is 4.49. The Morgan fingerprint density at radius 1 is 1.45 bits per heavy atom. The van der Waals surface area contributed by atoms with Gasteiger partial charge in [0.15, 0.2) is 0 Å². The molecule has 1 fully saturated rings. The van der Waals surface area contributed by atoms with E-state index in [0.29, 0.717) is 17.2 Å². The van der Waals surface area contributed by atoms with Crippen molar-refractivity contribution in [2.45, 2.75) is 25.9 Å². The smallest absolute Gasteiger partial charge is 0.245 e. The van der Waals surface area contributed by atoms with E-state index in [1.165, 1.54) is 4.90 Å². The predicted octanol–water partition coefficient (Wildman–Crippen LogP) is 1.59. The van der Waals surface area contributed by atoms with E-state index in [0.717, 1.165) is 5.56 Å². The topological polar surface area (TPSA) is 58.6 Å². The Morgan fingerprint density at radius 3 is 2.85 bits per heavy atom. The number of methoxy groups -OCH3 is 1. The molecule has 1 unspecified atom stereocenters. The Balaban J connectivity index is 2.25. The molecule has 2 rings (SSSR count). The molecule has 1 aliphatic rings. The summed E-state index contributed by atoms with van der Waals surface area (Å²) in [6.07, 6.45) is 0.570. The molecule has 20 heavy (non-hydrogen) atoms. The zero-order valence-corrected chi connectivity index (χ0v) is 12.2. The van der Waals surface area contributed by atoms with Crippen LogP contribution in [0.4, 0.5) is 0 Å². The number of hydrogen-bond donors (Lipinski definition) is 1. The molecule has 2 amide bonds. The largest absolute Gasteiger partial charge is 0.496 e. The Hall–Kier alpha value is -1.75. The third-order valence-corrected chi connectivity index (χ3v) is 3.69. The maximum Gasteiger partial charge on any atom is 0.245 e. The Labute approximate surface area is 122 Å². The highest BCUT2D eigenvalue weighted by Crippen LogP contribution is 2.28. The van der Waals surface area contributed by atoms with Gasteiger partial charge in [-0.25, -0.2) is 0 Å². The summed E-state index contributed by atoms with van der Waals surface area (Å²) in [5.41, 5.74) is 0.717. The highest BCUT2D eigenvalue weighted by atomic mass is 35.5. The van der Waals surface area contributed by atoms with Crippen LogP contribution in [0.2, 0.25) is 5.02 Å². The number of piperazine rings is 1. The SMILES string of the molecule is CCC1NC(=O)CN(Cc2c(Cl)cccc2OC)C1=O. The van der Waals surface area contributed by atoms with Gasteiger partial charge in [-0.2, -0.15) is 0 Å². The van der Waals surface area contributed by atoms with Crippen LogP contribution in [-0.2, 0) is 16.1 Å². The number of carbonyl (C=O) groups is 2. The number of nitrogens with zero attached hydrogens (tertiary/aromatic N) is 1. The van der Waals surface area contributed by atoms with Crippen molar-refractivity contribution >= 4 is 23.4 Å². The van der Waals surface area contributed by atoms with Gasteiger partial charge < -0.3 is 15.0 Å². The molecular weight excluding hydrogens is 280 g/mol. The molecule has 0 spiro atoms. The van der Waals surface area contributed by atoms with Crippen molar-refractivity contribution in [2.75, 3.05) is 13.7 Å². The van der Waals surface area contributed by atoms with E-state index >= 15 is 0 Å². The fourth-order valence-corrected chi connectivity index (χ4v) is 2.48. The molecule has 1 atom stereocenters. The van der Waals surface area contributed by atoms with Crippen molar-refractivity contribution in [3.8, 4) is 5.75 Å². The summed E-state index contributed by atoms with van der Waals surface area (Å²) in [6, 6.07) is 4.85. The molecule has 1 heterocycles. The zero-order chi connectivity index (χ0) is 14.7. The number of hydrogen-bond acceptors (Lipinski definition) is 3. The molecule has 0 saturated carbocycles. The molecule has 1 aromatic rings. The number of ether oxygens (including phenoxy) is 1. The summed E-state index contributed by atoms with van der Waals surface area (Å²) >= 11 is 6.16. The number of carbonyl (C=O) groups excluding carboxylic acids is 2. The number of nitrogens with one attached hydrogen (secondary N) is 1. The van der Waals surface area contributed by atoms with Crippen LogP contribution in [0.1, 0.15) is 18.9 Å². The van der Waals surface area contributed by atoms with Crippen LogP contribution in [-0.4, -0.2) is 36.4 Å². The maximum absolute atomic E-state index is 12.2. The summed E-state index contributed by atoms with van der Waals surface area (Å²) in [5, 5.41) is 3.20. The molecule has 0 aromatic heterocycles. The van der Waals surface area contributed by atoms with Crippen molar-refractivity contribution < 1.29 is 14.3 Å². The first kappa shape index (κ1) is 14.7. The average Bonchev–Trinajstić information content (AvgIpc) is 2.44. The van der Waals surface area contributed by atoms with Crippen LogP contribution in [0.5, 0.6) is 5.75 Å². The zero-order valence-electron chi connectivity index (χ0n) is 11.5. The van der Waals surface area contributed by atoms with E-state index in [2.05, 4.69) is 5.32 Å². The van der Waals surface area contributed by atoms with Gasteiger partial charge in [0.1, 0.15) is 11.8 Å². The molecule has 6 heteroatoms. The molecule has 1 N–H and O–H groups in total. The van der Waals surface area contributed by atoms with E-state index in [9.17, 15) is 9.59 Å². The average molecular weight is 297 g/mol. The first-order valence-electron chi connectivity index (χ1n) is 6.46. The van der Waals surface area contributed by atoms with Crippen LogP contribution in [0, 0.1) is 0 Å². The van der Waals surface area contributed by atoms with E-state index < -0.39 is 6.04 Å². The molecule has 108 valence electrons. The molecule has 1 saturated heterocycles. The fourth-order valence-electron chi connectivity index (χ4n) is 2.26. The minimum absolute atomic E-state index is 0.0453. The van der Waals surface area contributed by atoms with Gasteiger partial charge in [0, 0.05) is 10.6 Å². The van der Waals surface area contributed by atoms with Gasteiger partial charge in [0.05, 0.1) is 20.2 Å². The van der Waals surface area contributed by atoms with Crippen molar-refractivity contribution in [1.29, 1.82) is 0 Å². The Morgan fingerprint density at radius 2 is 2.20 bits per heavy atom. The lowest BCUT2D eigenvalue weighted by molar-refractivity contribution is -0.144. The van der Waals surface area contributed by atoms with Gasteiger partial charge in [-0.1, -0.05) is 24.6 Å². The van der Waals surface area contributed by atoms with E-state index in [-0.39, 0.29) is 24.9 Å².